The van der Waals surface area contributed by atoms with E-state index in [1.54, 1.807) is 6.92 Å². The lowest BCUT2D eigenvalue weighted by molar-refractivity contribution is -0.146. The normalized spacial score (nSPS) is 11.9. The van der Waals surface area contributed by atoms with Crippen LogP contribution in [0.4, 0.5) is 5.69 Å². The number of rotatable bonds is 5. The van der Waals surface area contributed by atoms with E-state index in [9.17, 15) is 14.4 Å². The molecule has 0 fully saturated rings. The van der Waals surface area contributed by atoms with Gasteiger partial charge in [0.2, 0.25) is 6.79 Å². The Bertz CT molecular complexity index is 595. The summed E-state index contributed by atoms with van der Waals surface area (Å²) in [5.74, 6) is -0.327. The highest BCUT2D eigenvalue weighted by Gasteiger charge is 2.20. The monoisotopic (exact) mass is 293 g/mol. The number of ether oxygens (including phenoxy) is 3. The van der Waals surface area contributed by atoms with Gasteiger partial charge in [-0.2, -0.15) is 0 Å². The Balaban J connectivity index is 2.13. The third kappa shape index (κ3) is 3.50. The predicted octanol–water partition coefficient (Wildman–Crippen LogP) is 1.51. The van der Waals surface area contributed by atoms with E-state index < -0.39 is 18.5 Å². The molecular weight excluding hydrogens is 278 g/mol. The van der Waals surface area contributed by atoms with Crippen molar-refractivity contribution in [3.8, 4) is 11.5 Å². The molecule has 0 saturated carbocycles. The number of nitrogens with one attached hydrogen (secondary N) is 1. The molecule has 0 atom stereocenters. The molecule has 0 unspecified atom stereocenters. The molecule has 1 heterocycles. The van der Waals surface area contributed by atoms with Crippen LogP contribution in [-0.2, 0) is 14.3 Å². The van der Waals surface area contributed by atoms with Crippen LogP contribution >= 0.6 is 0 Å². The van der Waals surface area contributed by atoms with Crippen molar-refractivity contribution in [1.82, 2.24) is 0 Å². The van der Waals surface area contributed by atoms with Crippen molar-refractivity contribution in [1.29, 1.82) is 0 Å². The van der Waals surface area contributed by atoms with Crippen LogP contribution in [-0.4, -0.2) is 31.1 Å². The summed E-state index contributed by atoms with van der Waals surface area (Å²) >= 11 is 0. The largest absolute Gasteiger partial charge is 0.456 e. The highest BCUT2D eigenvalue weighted by molar-refractivity contribution is 6.05. The second-order valence-corrected chi connectivity index (χ2v) is 4.37. The SMILES string of the molecule is CCC(=O)OCC(=O)Nc1cc2c(cc1C(C)=O)OCO2. The van der Waals surface area contributed by atoms with Crippen LogP contribution in [0.15, 0.2) is 12.1 Å². The van der Waals surface area contributed by atoms with Gasteiger partial charge in [-0.05, 0) is 13.0 Å². The van der Waals surface area contributed by atoms with Crippen molar-refractivity contribution in [2.75, 3.05) is 18.7 Å². The van der Waals surface area contributed by atoms with Crippen molar-refractivity contribution in [2.45, 2.75) is 20.3 Å². The average Bonchev–Trinajstić information content (AvgIpc) is 2.90. The quantitative estimate of drug-likeness (QED) is 0.653. The highest BCUT2D eigenvalue weighted by atomic mass is 16.7. The van der Waals surface area contributed by atoms with Crippen molar-refractivity contribution in [2.24, 2.45) is 0 Å². The van der Waals surface area contributed by atoms with E-state index in [-0.39, 0.29) is 19.0 Å². The van der Waals surface area contributed by atoms with Crippen molar-refractivity contribution >= 4 is 23.3 Å². The fourth-order valence-electron chi connectivity index (χ4n) is 1.77. The van der Waals surface area contributed by atoms with E-state index in [1.165, 1.54) is 19.1 Å². The average molecular weight is 293 g/mol. The Kier molecular flexibility index (Phi) is 4.42. The van der Waals surface area contributed by atoms with Crippen LogP contribution in [0, 0.1) is 0 Å². The number of hydrogen-bond donors (Lipinski definition) is 1. The number of benzene rings is 1. The Morgan fingerprint density at radius 1 is 1.24 bits per heavy atom. The van der Waals surface area contributed by atoms with E-state index in [4.69, 9.17) is 14.2 Å². The summed E-state index contributed by atoms with van der Waals surface area (Å²) in [6, 6.07) is 3.02. The Morgan fingerprint density at radius 3 is 2.52 bits per heavy atom. The van der Waals surface area contributed by atoms with Crippen molar-refractivity contribution < 1.29 is 28.6 Å². The molecule has 7 heteroatoms. The first kappa shape index (κ1) is 14.8. The summed E-state index contributed by atoms with van der Waals surface area (Å²) in [5, 5.41) is 2.53. The van der Waals surface area contributed by atoms with Gasteiger partial charge in [0.1, 0.15) is 0 Å². The van der Waals surface area contributed by atoms with Gasteiger partial charge in [0.15, 0.2) is 23.9 Å². The maximum atomic E-state index is 11.7. The van der Waals surface area contributed by atoms with Crippen LogP contribution < -0.4 is 14.8 Å². The van der Waals surface area contributed by atoms with Crippen LogP contribution in [0.3, 0.4) is 0 Å². The Morgan fingerprint density at radius 2 is 1.90 bits per heavy atom. The molecule has 0 aliphatic carbocycles. The second-order valence-electron chi connectivity index (χ2n) is 4.37. The van der Waals surface area contributed by atoms with Gasteiger partial charge in [0.25, 0.3) is 5.91 Å². The number of amides is 1. The summed E-state index contributed by atoms with van der Waals surface area (Å²) < 4.78 is 15.1. The van der Waals surface area contributed by atoms with Gasteiger partial charge in [-0.1, -0.05) is 6.92 Å². The maximum absolute atomic E-state index is 11.7. The minimum Gasteiger partial charge on any atom is -0.456 e. The first-order valence-electron chi connectivity index (χ1n) is 6.41. The number of anilines is 1. The molecule has 0 aromatic heterocycles. The van der Waals surface area contributed by atoms with E-state index in [0.717, 1.165) is 0 Å². The summed E-state index contributed by atoms with van der Waals surface area (Å²) in [6.45, 7) is 2.67. The molecule has 7 nitrogen and oxygen atoms in total. The zero-order chi connectivity index (χ0) is 15.4. The number of fused-ring (bicyclic) bond motifs is 1. The predicted molar refractivity (Wildman–Crippen MR) is 72.4 cm³/mol. The van der Waals surface area contributed by atoms with Crippen LogP contribution in [0.5, 0.6) is 11.5 Å². The number of Topliss-reactive ketones (excluding diaryl/α,β-unsaturated/α-hetero) is 1. The number of esters is 1. The van der Waals surface area contributed by atoms with Gasteiger partial charge in [-0.15, -0.1) is 0 Å². The molecule has 1 aliphatic heterocycles. The number of carbonyl (C=O) groups is 3. The molecule has 1 amide bonds. The number of hydrogen-bond acceptors (Lipinski definition) is 6. The minimum atomic E-state index is -0.529. The van der Waals surface area contributed by atoms with Gasteiger partial charge in [-0.25, -0.2) is 0 Å². The maximum Gasteiger partial charge on any atom is 0.306 e. The topological polar surface area (TPSA) is 90.9 Å². The highest BCUT2D eigenvalue weighted by Crippen LogP contribution is 2.37. The van der Waals surface area contributed by atoms with Gasteiger partial charge in [0.05, 0.1) is 5.69 Å². The lowest BCUT2D eigenvalue weighted by Crippen LogP contribution is -2.21. The third-order valence-electron chi connectivity index (χ3n) is 2.82. The van der Waals surface area contributed by atoms with Crippen LogP contribution in [0.1, 0.15) is 30.6 Å². The van der Waals surface area contributed by atoms with E-state index in [2.05, 4.69) is 5.32 Å². The third-order valence-corrected chi connectivity index (χ3v) is 2.82. The molecule has 21 heavy (non-hydrogen) atoms. The summed E-state index contributed by atoms with van der Waals surface area (Å²) in [4.78, 5) is 34.4. The molecule has 112 valence electrons. The molecule has 0 radical (unpaired) electrons. The van der Waals surface area contributed by atoms with Crippen LogP contribution in [0.2, 0.25) is 0 Å². The minimum absolute atomic E-state index is 0.0676. The molecule has 1 aromatic carbocycles. The Hall–Kier alpha value is -2.57. The van der Waals surface area contributed by atoms with Gasteiger partial charge in [-0.3, -0.25) is 14.4 Å². The Labute approximate surface area is 121 Å². The molecule has 0 bridgehead atoms. The zero-order valence-corrected chi connectivity index (χ0v) is 11.7. The lowest BCUT2D eigenvalue weighted by atomic mass is 10.1. The van der Waals surface area contributed by atoms with E-state index >= 15 is 0 Å². The first-order chi connectivity index (χ1) is 10.0. The summed E-state index contributed by atoms with van der Waals surface area (Å²) in [5.41, 5.74) is 0.596. The van der Waals surface area contributed by atoms with E-state index in [0.29, 0.717) is 22.7 Å². The van der Waals surface area contributed by atoms with Gasteiger partial charge < -0.3 is 19.5 Å². The van der Waals surface area contributed by atoms with Crippen LogP contribution in [0.25, 0.3) is 0 Å². The molecular formula is C14H15NO6. The van der Waals surface area contributed by atoms with Crippen molar-refractivity contribution in [3.63, 3.8) is 0 Å². The van der Waals surface area contributed by atoms with E-state index in [1.807, 2.05) is 0 Å². The summed E-state index contributed by atoms with van der Waals surface area (Å²) in [7, 11) is 0. The molecule has 0 spiro atoms. The number of ketones is 1. The molecule has 0 saturated heterocycles. The second kappa shape index (κ2) is 6.25. The smallest absolute Gasteiger partial charge is 0.306 e. The molecule has 1 N–H and O–H groups in total. The molecule has 2 rings (SSSR count). The van der Waals surface area contributed by atoms with Crippen molar-refractivity contribution in [3.05, 3.63) is 17.7 Å². The zero-order valence-electron chi connectivity index (χ0n) is 11.7. The van der Waals surface area contributed by atoms with Gasteiger partial charge >= 0.3 is 5.97 Å². The lowest BCUT2D eigenvalue weighted by Gasteiger charge is -2.10. The fraction of sp³-hybridized carbons (Fsp3) is 0.357. The standard InChI is InChI=1S/C14H15NO6/c1-3-14(18)19-6-13(17)15-10-5-12-11(20-7-21-12)4-9(10)8(2)16/h4-5H,3,6-7H2,1-2H3,(H,15,17). The summed E-state index contributed by atoms with van der Waals surface area (Å²) in [6.07, 6.45) is 0.190. The fourth-order valence-corrected chi connectivity index (χ4v) is 1.77. The number of carbonyl (C=O) groups excluding carboxylic acids is 3. The molecule has 1 aliphatic rings. The van der Waals surface area contributed by atoms with Gasteiger partial charge in [0, 0.05) is 18.1 Å². The first-order valence-corrected chi connectivity index (χ1v) is 6.41. The molecule has 1 aromatic rings.